The van der Waals surface area contributed by atoms with E-state index in [0.29, 0.717) is 28.9 Å². The number of aromatic nitrogens is 1. The molecule has 0 bridgehead atoms. The molecule has 0 radical (unpaired) electrons. The summed E-state index contributed by atoms with van der Waals surface area (Å²) >= 11 is 3.14. The average molecular weight is 393 g/mol. The number of halogens is 2. The van der Waals surface area contributed by atoms with Crippen LogP contribution in [0, 0.1) is 5.82 Å². The quantitative estimate of drug-likeness (QED) is 0.580. The van der Waals surface area contributed by atoms with E-state index >= 15 is 0 Å². The summed E-state index contributed by atoms with van der Waals surface area (Å²) in [5, 5.41) is 0. The third-order valence-electron chi connectivity index (χ3n) is 3.32. The molecule has 2 rings (SSSR count). The predicted octanol–water partition coefficient (Wildman–Crippen LogP) is 2.39. The van der Waals surface area contributed by atoms with Gasteiger partial charge >= 0.3 is 0 Å². The van der Waals surface area contributed by atoms with Crippen molar-refractivity contribution in [2.45, 2.75) is 13.0 Å². The van der Waals surface area contributed by atoms with Crippen LogP contribution in [0.2, 0.25) is 0 Å². The number of benzene rings is 1. The van der Waals surface area contributed by atoms with E-state index in [1.807, 2.05) is 0 Å². The Bertz CT molecular complexity index is 803. The van der Waals surface area contributed by atoms with Gasteiger partial charge in [0, 0.05) is 12.6 Å². The monoisotopic (exact) mass is 392 g/mol. The predicted molar refractivity (Wildman–Crippen MR) is 99.7 cm³/mol. The van der Waals surface area contributed by atoms with Gasteiger partial charge in [-0.2, -0.15) is 0 Å². The van der Waals surface area contributed by atoms with Crippen molar-refractivity contribution in [3.05, 3.63) is 57.5 Å². The number of hydrogen-bond donors (Lipinski definition) is 4. The van der Waals surface area contributed by atoms with Gasteiger partial charge in [-0.1, -0.05) is 6.07 Å². The van der Waals surface area contributed by atoms with Crippen LogP contribution in [0.25, 0.3) is 0 Å². The molecule has 0 saturated carbocycles. The highest BCUT2D eigenvalue weighted by molar-refractivity contribution is 9.10. The summed E-state index contributed by atoms with van der Waals surface area (Å²) in [5.41, 5.74) is 25.7. The molecule has 8 N–H and O–H groups in total. The average Bonchev–Trinajstić information content (AvgIpc) is 2.54. The van der Waals surface area contributed by atoms with Crippen molar-refractivity contribution in [3.63, 3.8) is 0 Å². The number of nitrogen functional groups attached to an aromatic ring is 3. The fourth-order valence-electron chi connectivity index (χ4n) is 2.07. The Labute approximate surface area is 147 Å². The normalized spacial score (nSPS) is 12.0. The Hall–Kier alpha value is -2.61. The Kier molecular flexibility index (Phi) is 5.75. The smallest absolute Gasteiger partial charge is 0.149 e. The van der Waals surface area contributed by atoms with Gasteiger partial charge < -0.3 is 22.9 Å². The number of allylic oxidation sites excluding steroid dienone is 1. The zero-order valence-electron chi connectivity index (χ0n) is 12.8. The van der Waals surface area contributed by atoms with Crippen molar-refractivity contribution in [3.8, 4) is 0 Å². The fourth-order valence-corrected chi connectivity index (χ4v) is 2.50. The van der Waals surface area contributed by atoms with Gasteiger partial charge in [0.05, 0.1) is 16.7 Å². The van der Waals surface area contributed by atoms with Crippen LogP contribution in [0.4, 0.5) is 21.7 Å². The maximum absolute atomic E-state index is 13.2. The van der Waals surface area contributed by atoms with Gasteiger partial charge in [-0.25, -0.2) is 9.37 Å². The first kappa shape index (κ1) is 17.7. The molecule has 0 aliphatic heterocycles. The van der Waals surface area contributed by atoms with E-state index in [9.17, 15) is 4.39 Å². The first-order valence-electron chi connectivity index (χ1n) is 7.05. The molecule has 0 aliphatic rings. The minimum absolute atomic E-state index is 0.189. The second kappa shape index (κ2) is 7.78. The molecule has 0 saturated heterocycles. The molecule has 0 aliphatic carbocycles. The zero-order valence-corrected chi connectivity index (χ0v) is 14.4. The van der Waals surface area contributed by atoms with E-state index in [2.05, 4.69) is 25.9 Å². The summed E-state index contributed by atoms with van der Waals surface area (Å²) in [4.78, 5) is 8.21. The Balaban J connectivity index is 2.08. The molecule has 2 aromatic rings. The molecule has 0 fully saturated rings. The summed E-state index contributed by atoms with van der Waals surface area (Å²) in [7, 11) is 0. The molecule has 126 valence electrons. The maximum atomic E-state index is 13.2. The number of nitrogens with zero attached hydrogens (tertiary/aromatic N) is 2. The molecule has 0 unspecified atom stereocenters. The standard InChI is InChI=1S/C16H18BrFN6/c17-12-4-9(1-2-13(12)18)7-23-8-10(6-19)3-11-5-14(20)24-16(22)15(11)21/h1-2,4-6,8H,3,7,19,21H2,(H4,20,22,24). The van der Waals surface area contributed by atoms with Crippen LogP contribution in [0.15, 0.2) is 45.5 Å². The van der Waals surface area contributed by atoms with Crippen LogP contribution in [0.1, 0.15) is 11.1 Å². The van der Waals surface area contributed by atoms with E-state index in [1.165, 1.54) is 12.3 Å². The van der Waals surface area contributed by atoms with Gasteiger partial charge in [0.25, 0.3) is 0 Å². The van der Waals surface area contributed by atoms with E-state index in [1.54, 1.807) is 24.4 Å². The van der Waals surface area contributed by atoms with Crippen molar-refractivity contribution in [2.75, 3.05) is 17.2 Å². The van der Waals surface area contributed by atoms with E-state index in [0.717, 1.165) is 16.7 Å². The summed E-state index contributed by atoms with van der Waals surface area (Å²) in [6, 6.07) is 6.39. The van der Waals surface area contributed by atoms with Gasteiger partial charge in [0.1, 0.15) is 17.5 Å². The van der Waals surface area contributed by atoms with E-state index < -0.39 is 0 Å². The number of hydrogen-bond acceptors (Lipinski definition) is 6. The lowest BCUT2D eigenvalue weighted by molar-refractivity contribution is 0.620. The van der Waals surface area contributed by atoms with Crippen LogP contribution in [0.3, 0.4) is 0 Å². The lowest BCUT2D eigenvalue weighted by atomic mass is 10.1. The van der Waals surface area contributed by atoms with Crippen LogP contribution in [0.5, 0.6) is 0 Å². The van der Waals surface area contributed by atoms with Crippen molar-refractivity contribution in [1.82, 2.24) is 4.98 Å². The summed E-state index contributed by atoms with van der Waals surface area (Å²) < 4.78 is 13.6. The molecule has 1 heterocycles. The molecule has 0 spiro atoms. The second-order valence-corrected chi connectivity index (χ2v) is 6.00. The topological polar surface area (TPSA) is 129 Å². The highest BCUT2D eigenvalue weighted by Gasteiger charge is 2.08. The number of rotatable bonds is 5. The highest BCUT2D eigenvalue weighted by Crippen LogP contribution is 2.22. The third-order valence-corrected chi connectivity index (χ3v) is 3.92. The first-order valence-corrected chi connectivity index (χ1v) is 7.85. The Morgan fingerprint density at radius 1 is 1.25 bits per heavy atom. The van der Waals surface area contributed by atoms with Gasteiger partial charge in [-0.3, -0.25) is 4.99 Å². The molecule has 0 amide bonds. The number of aliphatic imine (C=N–C) groups is 1. The number of pyridine rings is 1. The SMILES string of the molecule is NC=C(C=NCc1ccc(F)c(Br)c1)Cc1cc(N)nc(N)c1N. The zero-order chi connectivity index (χ0) is 17.7. The fraction of sp³-hybridized carbons (Fsp3) is 0.125. The Morgan fingerprint density at radius 2 is 2.00 bits per heavy atom. The third kappa shape index (κ3) is 4.45. The van der Waals surface area contributed by atoms with Gasteiger partial charge in [0.15, 0.2) is 0 Å². The molecule has 6 nitrogen and oxygen atoms in total. The van der Waals surface area contributed by atoms with Gasteiger partial charge in [0.2, 0.25) is 0 Å². The van der Waals surface area contributed by atoms with Gasteiger partial charge in [-0.05, 0) is 57.0 Å². The molecule has 8 heteroatoms. The minimum Gasteiger partial charge on any atom is -0.404 e. The highest BCUT2D eigenvalue weighted by atomic mass is 79.9. The summed E-state index contributed by atoms with van der Waals surface area (Å²) in [5.74, 6) is 0.171. The minimum atomic E-state index is -0.311. The van der Waals surface area contributed by atoms with Crippen LogP contribution < -0.4 is 22.9 Å². The Morgan fingerprint density at radius 3 is 2.67 bits per heavy atom. The largest absolute Gasteiger partial charge is 0.404 e. The molecule has 0 atom stereocenters. The maximum Gasteiger partial charge on any atom is 0.149 e. The number of anilines is 3. The summed E-state index contributed by atoms with van der Waals surface area (Å²) in [6.45, 7) is 0.395. The molecular weight excluding hydrogens is 375 g/mol. The van der Waals surface area contributed by atoms with Gasteiger partial charge in [-0.15, -0.1) is 0 Å². The molecule has 24 heavy (non-hydrogen) atoms. The van der Waals surface area contributed by atoms with Crippen LogP contribution >= 0.6 is 15.9 Å². The molecule has 1 aromatic heterocycles. The lowest BCUT2D eigenvalue weighted by Crippen LogP contribution is -2.07. The van der Waals surface area contributed by atoms with Crippen LogP contribution in [-0.2, 0) is 13.0 Å². The summed E-state index contributed by atoms with van der Waals surface area (Å²) in [6.07, 6.45) is 3.51. The second-order valence-electron chi connectivity index (χ2n) is 5.14. The number of nitrogens with two attached hydrogens (primary N) is 4. The van der Waals surface area contributed by atoms with Crippen molar-refractivity contribution < 1.29 is 4.39 Å². The molecular formula is C16H18BrFN6. The van der Waals surface area contributed by atoms with E-state index in [-0.39, 0.29) is 11.6 Å². The van der Waals surface area contributed by atoms with Crippen molar-refractivity contribution in [1.29, 1.82) is 0 Å². The van der Waals surface area contributed by atoms with Crippen molar-refractivity contribution >= 4 is 39.5 Å². The van der Waals surface area contributed by atoms with Crippen molar-refractivity contribution in [2.24, 2.45) is 10.7 Å². The lowest BCUT2D eigenvalue weighted by Gasteiger charge is -2.09. The first-order chi connectivity index (χ1) is 11.4. The van der Waals surface area contributed by atoms with Crippen LogP contribution in [-0.4, -0.2) is 11.2 Å². The van der Waals surface area contributed by atoms with E-state index in [4.69, 9.17) is 22.9 Å². The molecule has 1 aromatic carbocycles.